The lowest BCUT2D eigenvalue weighted by molar-refractivity contribution is 0.0969. The third-order valence-corrected chi connectivity index (χ3v) is 1.02. The summed E-state index contributed by atoms with van der Waals surface area (Å²) in [6, 6.07) is 0. The van der Waals surface area contributed by atoms with E-state index in [0.29, 0.717) is 0 Å². The number of hydroxylamine groups is 1. The van der Waals surface area contributed by atoms with Crippen LogP contribution < -0.4 is 5.48 Å². The normalized spacial score (nSPS) is 10.0. The van der Waals surface area contributed by atoms with E-state index in [1.54, 1.807) is 6.08 Å². The summed E-state index contributed by atoms with van der Waals surface area (Å²) in [7, 11) is 0. The lowest BCUT2D eigenvalue weighted by Crippen LogP contribution is -2.19. The van der Waals surface area contributed by atoms with Crippen molar-refractivity contribution in [1.29, 1.82) is 0 Å². The fraction of sp³-hybridized carbons (Fsp3) is 0.571. The maximum absolute atomic E-state index is 10.2. The van der Waals surface area contributed by atoms with Gasteiger partial charge in [0.1, 0.15) is 6.61 Å². The van der Waals surface area contributed by atoms with E-state index in [1.165, 1.54) is 5.48 Å². The van der Waals surface area contributed by atoms with E-state index >= 15 is 0 Å². The van der Waals surface area contributed by atoms with Crippen molar-refractivity contribution in [3.8, 4) is 0 Å². The fourth-order valence-electron chi connectivity index (χ4n) is 0.509. The molecule has 0 rings (SSSR count). The number of allylic oxidation sites excluding steroid dienone is 1. The van der Waals surface area contributed by atoms with Gasteiger partial charge in [-0.1, -0.05) is 25.5 Å². The van der Waals surface area contributed by atoms with Crippen LogP contribution in [0.25, 0.3) is 0 Å². The summed E-state index contributed by atoms with van der Waals surface area (Å²) in [6.45, 7) is 2.26. The Morgan fingerprint density at radius 1 is 1.64 bits per heavy atom. The van der Waals surface area contributed by atoms with Crippen molar-refractivity contribution in [3.63, 3.8) is 0 Å². The Morgan fingerprint density at radius 2 is 2.36 bits per heavy atom. The first-order chi connectivity index (χ1) is 5.31. The maximum atomic E-state index is 10.2. The van der Waals surface area contributed by atoms with Gasteiger partial charge in [0.05, 0.1) is 0 Å². The van der Waals surface area contributed by atoms with E-state index < -0.39 is 6.09 Å². The molecule has 11 heavy (non-hydrogen) atoms. The van der Waals surface area contributed by atoms with Crippen LogP contribution in [0.3, 0.4) is 0 Å². The number of carbonyl (C=O) groups is 1. The largest absolute Gasteiger partial charge is 0.444 e. The summed E-state index contributed by atoms with van der Waals surface area (Å²) < 4.78 is 4.45. The number of unbranched alkanes of at least 4 members (excludes halogenated alkanes) is 1. The van der Waals surface area contributed by atoms with Crippen LogP contribution >= 0.6 is 0 Å². The Morgan fingerprint density at radius 3 is 2.91 bits per heavy atom. The second-order valence-electron chi connectivity index (χ2n) is 1.97. The number of amides is 1. The third-order valence-electron chi connectivity index (χ3n) is 1.02. The number of hydrogen-bond donors (Lipinski definition) is 2. The van der Waals surface area contributed by atoms with Crippen molar-refractivity contribution in [2.75, 3.05) is 6.61 Å². The standard InChI is InChI=1S/C7H13NO3/c1-2-3-4-5-6-11-7(9)8-10/h4-5,10H,2-3,6H2,1H3,(H,8,9)/b5-4+. The summed E-state index contributed by atoms with van der Waals surface area (Å²) in [4.78, 5) is 10.2. The zero-order valence-corrected chi connectivity index (χ0v) is 6.54. The van der Waals surface area contributed by atoms with Gasteiger partial charge in [0.25, 0.3) is 0 Å². The number of nitrogens with one attached hydrogen (secondary N) is 1. The Hall–Kier alpha value is -1.03. The summed E-state index contributed by atoms with van der Waals surface area (Å²) >= 11 is 0. The summed E-state index contributed by atoms with van der Waals surface area (Å²) in [5.74, 6) is 0. The zero-order valence-electron chi connectivity index (χ0n) is 6.54. The Labute approximate surface area is 65.8 Å². The van der Waals surface area contributed by atoms with Gasteiger partial charge in [0.15, 0.2) is 0 Å². The first kappa shape index (κ1) is 9.97. The van der Waals surface area contributed by atoms with Crippen molar-refractivity contribution in [1.82, 2.24) is 5.48 Å². The van der Waals surface area contributed by atoms with E-state index in [2.05, 4.69) is 11.7 Å². The highest BCUT2D eigenvalue weighted by Crippen LogP contribution is 1.88. The van der Waals surface area contributed by atoms with Gasteiger partial charge in [-0.05, 0) is 6.42 Å². The average Bonchev–Trinajstić information content (AvgIpc) is 2.04. The van der Waals surface area contributed by atoms with Crippen LogP contribution in [0.5, 0.6) is 0 Å². The molecule has 0 bridgehead atoms. The number of carbonyl (C=O) groups excluding carboxylic acids is 1. The predicted molar refractivity (Wildman–Crippen MR) is 40.3 cm³/mol. The molecule has 1 amide bonds. The van der Waals surface area contributed by atoms with Crippen molar-refractivity contribution >= 4 is 6.09 Å². The first-order valence-corrected chi connectivity index (χ1v) is 3.53. The molecule has 0 aromatic rings. The monoisotopic (exact) mass is 159 g/mol. The van der Waals surface area contributed by atoms with Crippen molar-refractivity contribution in [3.05, 3.63) is 12.2 Å². The highest BCUT2D eigenvalue weighted by Gasteiger charge is 1.93. The molecule has 4 heteroatoms. The Bertz CT molecular complexity index is 134. The highest BCUT2D eigenvalue weighted by molar-refractivity contribution is 5.65. The minimum atomic E-state index is -0.828. The molecular weight excluding hydrogens is 146 g/mol. The zero-order chi connectivity index (χ0) is 8.53. The number of rotatable bonds is 4. The van der Waals surface area contributed by atoms with Gasteiger partial charge in [-0.3, -0.25) is 5.21 Å². The average molecular weight is 159 g/mol. The molecule has 0 radical (unpaired) electrons. The number of ether oxygens (including phenoxy) is 1. The summed E-state index contributed by atoms with van der Waals surface area (Å²) in [5.41, 5.74) is 1.36. The lowest BCUT2D eigenvalue weighted by Gasteiger charge is -1.96. The van der Waals surface area contributed by atoms with E-state index in [-0.39, 0.29) is 6.61 Å². The van der Waals surface area contributed by atoms with Crippen LogP contribution in [-0.4, -0.2) is 17.9 Å². The van der Waals surface area contributed by atoms with E-state index in [1.807, 2.05) is 6.08 Å². The molecule has 0 heterocycles. The molecular formula is C7H13NO3. The number of hydrogen-bond acceptors (Lipinski definition) is 3. The van der Waals surface area contributed by atoms with E-state index in [9.17, 15) is 4.79 Å². The molecule has 4 nitrogen and oxygen atoms in total. The van der Waals surface area contributed by atoms with Gasteiger partial charge in [0, 0.05) is 0 Å². The molecule has 0 unspecified atom stereocenters. The molecule has 0 aromatic carbocycles. The minimum absolute atomic E-state index is 0.201. The summed E-state index contributed by atoms with van der Waals surface area (Å²) in [6.07, 6.45) is 4.88. The van der Waals surface area contributed by atoms with Gasteiger partial charge in [-0.2, -0.15) is 0 Å². The second-order valence-corrected chi connectivity index (χ2v) is 1.97. The molecule has 0 aliphatic rings. The maximum Gasteiger partial charge on any atom is 0.431 e. The van der Waals surface area contributed by atoms with Crippen LogP contribution in [0.2, 0.25) is 0 Å². The molecule has 0 aliphatic carbocycles. The van der Waals surface area contributed by atoms with E-state index in [4.69, 9.17) is 5.21 Å². The third kappa shape index (κ3) is 6.86. The minimum Gasteiger partial charge on any atom is -0.444 e. The summed E-state index contributed by atoms with van der Waals surface area (Å²) in [5, 5.41) is 7.99. The second kappa shape index (κ2) is 7.08. The smallest absolute Gasteiger partial charge is 0.431 e. The molecule has 0 fully saturated rings. The molecule has 2 N–H and O–H groups in total. The molecule has 0 spiro atoms. The quantitative estimate of drug-likeness (QED) is 0.371. The van der Waals surface area contributed by atoms with Crippen LogP contribution in [0.15, 0.2) is 12.2 Å². The highest BCUT2D eigenvalue weighted by atomic mass is 16.6. The van der Waals surface area contributed by atoms with Gasteiger partial charge < -0.3 is 4.74 Å². The Balaban J connectivity index is 3.19. The molecule has 0 atom stereocenters. The topological polar surface area (TPSA) is 58.6 Å². The van der Waals surface area contributed by atoms with Crippen molar-refractivity contribution in [2.45, 2.75) is 19.8 Å². The molecule has 0 aromatic heterocycles. The van der Waals surface area contributed by atoms with Gasteiger partial charge in [-0.25, -0.2) is 10.3 Å². The molecule has 0 saturated carbocycles. The van der Waals surface area contributed by atoms with Crippen molar-refractivity contribution < 1.29 is 14.7 Å². The van der Waals surface area contributed by atoms with Crippen LogP contribution in [-0.2, 0) is 4.74 Å². The molecule has 0 saturated heterocycles. The van der Waals surface area contributed by atoms with Gasteiger partial charge in [-0.15, -0.1) is 0 Å². The van der Waals surface area contributed by atoms with Crippen LogP contribution in [0.4, 0.5) is 4.79 Å². The SMILES string of the molecule is CCC/C=C/COC(=O)NO. The van der Waals surface area contributed by atoms with E-state index in [0.717, 1.165) is 12.8 Å². The Kier molecular flexibility index (Phi) is 6.42. The molecule has 0 aliphatic heterocycles. The van der Waals surface area contributed by atoms with Crippen molar-refractivity contribution in [2.24, 2.45) is 0 Å². The van der Waals surface area contributed by atoms with Crippen LogP contribution in [0.1, 0.15) is 19.8 Å². The molecule has 64 valence electrons. The lowest BCUT2D eigenvalue weighted by atomic mass is 10.3. The van der Waals surface area contributed by atoms with Crippen LogP contribution in [0, 0.1) is 0 Å². The van der Waals surface area contributed by atoms with Gasteiger partial charge in [0.2, 0.25) is 0 Å². The fourth-order valence-corrected chi connectivity index (χ4v) is 0.509. The predicted octanol–water partition coefficient (Wildman–Crippen LogP) is 1.46. The van der Waals surface area contributed by atoms with Gasteiger partial charge >= 0.3 is 6.09 Å². The first-order valence-electron chi connectivity index (χ1n) is 3.53.